The van der Waals surface area contributed by atoms with Crippen molar-refractivity contribution in [2.24, 2.45) is 0 Å². The molecule has 4 aromatic rings. The minimum absolute atomic E-state index is 0.0235. The van der Waals surface area contributed by atoms with Crippen molar-refractivity contribution in [1.29, 1.82) is 0 Å². The lowest BCUT2D eigenvalue weighted by Crippen LogP contribution is -2.32. The first kappa shape index (κ1) is 19.9. The highest BCUT2D eigenvalue weighted by molar-refractivity contribution is 7.89. The van der Waals surface area contributed by atoms with Gasteiger partial charge in [-0.2, -0.15) is 5.10 Å². The Kier molecular flexibility index (Phi) is 5.43. The second-order valence-electron chi connectivity index (χ2n) is 6.82. The highest BCUT2D eigenvalue weighted by Crippen LogP contribution is 2.21. The average molecular weight is 420 g/mol. The molecule has 30 heavy (non-hydrogen) atoms. The second kappa shape index (κ2) is 8.17. The number of nitrogens with zero attached hydrogens (tertiary/aromatic N) is 3. The summed E-state index contributed by atoms with van der Waals surface area (Å²) in [7, 11) is -3.80. The standard InChI is InChI=1S/C22H20N4O3S/c1-16-10-11-18-8-5-9-20(22(18)24-16)30(28,29)23-14-15-26-21(27)13-12-19(25-26)17-6-3-2-4-7-17/h2-13,23H,14-15H2,1H3. The van der Waals surface area contributed by atoms with Crippen molar-refractivity contribution in [3.63, 3.8) is 0 Å². The predicted molar refractivity (Wildman–Crippen MR) is 116 cm³/mol. The zero-order valence-corrected chi connectivity index (χ0v) is 17.1. The molecule has 2 aromatic heterocycles. The number of pyridine rings is 1. The van der Waals surface area contributed by atoms with Gasteiger partial charge in [-0.15, -0.1) is 0 Å². The first-order chi connectivity index (χ1) is 14.4. The summed E-state index contributed by atoms with van der Waals surface area (Å²) in [6.07, 6.45) is 0. The summed E-state index contributed by atoms with van der Waals surface area (Å²) in [5.74, 6) is 0. The number of hydrogen-bond acceptors (Lipinski definition) is 5. The van der Waals surface area contributed by atoms with E-state index >= 15 is 0 Å². The van der Waals surface area contributed by atoms with Crippen LogP contribution in [0.4, 0.5) is 0 Å². The summed E-state index contributed by atoms with van der Waals surface area (Å²) in [4.78, 5) is 16.6. The van der Waals surface area contributed by atoms with E-state index in [4.69, 9.17) is 0 Å². The average Bonchev–Trinajstić information content (AvgIpc) is 2.75. The molecule has 2 aromatic carbocycles. The monoisotopic (exact) mass is 420 g/mol. The molecule has 0 saturated heterocycles. The van der Waals surface area contributed by atoms with Crippen molar-refractivity contribution in [1.82, 2.24) is 19.5 Å². The molecule has 0 fully saturated rings. The van der Waals surface area contributed by atoms with Crippen molar-refractivity contribution in [2.75, 3.05) is 6.54 Å². The number of rotatable bonds is 6. The SMILES string of the molecule is Cc1ccc2cccc(S(=O)(=O)NCCn3nc(-c4ccccc4)ccc3=O)c2n1. The van der Waals surface area contributed by atoms with Gasteiger partial charge in [0, 0.05) is 29.3 Å². The fraction of sp³-hybridized carbons (Fsp3) is 0.136. The fourth-order valence-corrected chi connectivity index (χ4v) is 4.36. The summed E-state index contributed by atoms with van der Waals surface area (Å²) < 4.78 is 29.5. The van der Waals surface area contributed by atoms with E-state index < -0.39 is 10.0 Å². The zero-order valence-electron chi connectivity index (χ0n) is 16.3. The molecule has 0 aliphatic carbocycles. The van der Waals surface area contributed by atoms with Crippen molar-refractivity contribution >= 4 is 20.9 Å². The maximum atomic E-state index is 12.9. The van der Waals surface area contributed by atoms with Crippen molar-refractivity contribution in [2.45, 2.75) is 18.4 Å². The lowest BCUT2D eigenvalue weighted by molar-refractivity contribution is 0.549. The summed E-state index contributed by atoms with van der Waals surface area (Å²) in [5, 5.41) is 5.10. The molecule has 152 valence electrons. The summed E-state index contributed by atoms with van der Waals surface area (Å²) in [6, 6.07) is 21.3. The number of hydrogen-bond donors (Lipinski definition) is 1. The number of fused-ring (bicyclic) bond motifs is 1. The number of aryl methyl sites for hydroxylation is 1. The van der Waals surface area contributed by atoms with Gasteiger partial charge >= 0.3 is 0 Å². The lowest BCUT2D eigenvalue weighted by atomic mass is 10.1. The lowest BCUT2D eigenvalue weighted by Gasteiger charge is -2.11. The van der Waals surface area contributed by atoms with Gasteiger partial charge in [-0.25, -0.2) is 17.8 Å². The molecule has 0 atom stereocenters. The van der Waals surface area contributed by atoms with E-state index in [0.29, 0.717) is 11.2 Å². The molecule has 7 nitrogen and oxygen atoms in total. The molecule has 0 saturated carbocycles. The van der Waals surface area contributed by atoms with Crippen LogP contribution in [0.25, 0.3) is 22.2 Å². The Labute approximate surface area is 174 Å². The molecule has 0 amide bonds. The van der Waals surface area contributed by atoms with Crippen LogP contribution in [0.5, 0.6) is 0 Å². The largest absolute Gasteiger partial charge is 0.268 e. The van der Waals surface area contributed by atoms with E-state index in [1.807, 2.05) is 55.5 Å². The number of benzene rings is 2. The van der Waals surface area contributed by atoms with E-state index in [2.05, 4.69) is 14.8 Å². The molecule has 1 N–H and O–H groups in total. The van der Waals surface area contributed by atoms with Crippen molar-refractivity contribution < 1.29 is 8.42 Å². The quantitative estimate of drug-likeness (QED) is 0.518. The number of sulfonamides is 1. The molecule has 0 bridgehead atoms. The third-order valence-corrected chi connectivity index (χ3v) is 6.16. The predicted octanol–water partition coefficient (Wildman–Crippen LogP) is 2.75. The molecule has 0 aliphatic rings. The normalized spacial score (nSPS) is 11.6. The first-order valence-corrected chi connectivity index (χ1v) is 10.9. The van der Waals surface area contributed by atoms with Crippen LogP contribution in [0.3, 0.4) is 0 Å². The molecular formula is C22H20N4O3S. The Bertz CT molecular complexity index is 1370. The first-order valence-electron chi connectivity index (χ1n) is 9.44. The number of para-hydroxylation sites is 1. The van der Waals surface area contributed by atoms with Gasteiger partial charge in [0.25, 0.3) is 5.56 Å². The fourth-order valence-electron chi connectivity index (χ4n) is 3.17. The minimum atomic E-state index is -3.80. The molecule has 0 aliphatic heterocycles. The molecule has 0 unspecified atom stereocenters. The van der Waals surface area contributed by atoms with Gasteiger partial charge < -0.3 is 0 Å². The van der Waals surface area contributed by atoms with Crippen LogP contribution >= 0.6 is 0 Å². The van der Waals surface area contributed by atoms with Crippen LogP contribution in [0.15, 0.2) is 82.5 Å². The van der Waals surface area contributed by atoms with Gasteiger partial charge in [-0.1, -0.05) is 48.5 Å². The van der Waals surface area contributed by atoms with Crippen LogP contribution in [-0.2, 0) is 16.6 Å². The Morgan fingerprint density at radius 2 is 1.73 bits per heavy atom. The summed E-state index contributed by atoms with van der Waals surface area (Å²) in [6.45, 7) is 1.94. The van der Waals surface area contributed by atoms with E-state index in [-0.39, 0.29) is 23.5 Å². The second-order valence-corrected chi connectivity index (χ2v) is 8.56. The molecule has 0 spiro atoms. The van der Waals surface area contributed by atoms with Crippen LogP contribution < -0.4 is 10.3 Å². The van der Waals surface area contributed by atoms with E-state index in [1.54, 1.807) is 12.1 Å². The third kappa shape index (κ3) is 4.14. The smallest absolute Gasteiger partial charge is 0.266 e. The van der Waals surface area contributed by atoms with Crippen molar-refractivity contribution in [3.8, 4) is 11.3 Å². The highest BCUT2D eigenvalue weighted by Gasteiger charge is 2.18. The van der Waals surface area contributed by atoms with E-state index in [1.165, 1.54) is 16.8 Å². The van der Waals surface area contributed by atoms with Gasteiger partial charge in [-0.3, -0.25) is 9.78 Å². The van der Waals surface area contributed by atoms with Gasteiger partial charge in [0.2, 0.25) is 10.0 Å². The molecule has 8 heteroatoms. The third-order valence-electron chi connectivity index (χ3n) is 4.66. The zero-order chi connectivity index (χ0) is 21.1. The topological polar surface area (TPSA) is 94.0 Å². The van der Waals surface area contributed by atoms with Crippen LogP contribution in [0.2, 0.25) is 0 Å². The van der Waals surface area contributed by atoms with Gasteiger partial charge in [0.1, 0.15) is 4.90 Å². The summed E-state index contributed by atoms with van der Waals surface area (Å²) in [5.41, 5.74) is 2.39. The molecule has 0 radical (unpaired) electrons. The van der Waals surface area contributed by atoms with Crippen molar-refractivity contribution in [3.05, 3.63) is 88.8 Å². The maximum absolute atomic E-state index is 12.9. The molecule has 4 rings (SSSR count). The molecular weight excluding hydrogens is 400 g/mol. The highest BCUT2D eigenvalue weighted by atomic mass is 32.2. The Morgan fingerprint density at radius 1 is 0.933 bits per heavy atom. The number of aromatic nitrogens is 3. The van der Waals surface area contributed by atoms with E-state index in [9.17, 15) is 13.2 Å². The minimum Gasteiger partial charge on any atom is -0.268 e. The van der Waals surface area contributed by atoms with Gasteiger partial charge in [0.15, 0.2) is 0 Å². The van der Waals surface area contributed by atoms with Gasteiger partial charge in [-0.05, 0) is 25.1 Å². The molecule has 2 heterocycles. The van der Waals surface area contributed by atoms with Crippen LogP contribution in [0, 0.1) is 6.92 Å². The summed E-state index contributed by atoms with van der Waals surface area (Å²) >= 11 is 0. The Balaban J connectivity index is 1.55. The van der Waals surface area contributed by atoms with Crippen LogP contribution in [-0.4, -0.2) is 29.7 Å². The number of nitrogens with one attached hydrogen (secondary N) is 1. The van der Waals surface area contributed by atoms with Gasteiger partial charge in [0.05, 0.1) is 17.8 Å². The van der Waals surface area contributed by atoms with Crippen LogP contribution in [0.1, 0.15) is 5.69 Å². The Morgan fingerprint density at radius 3 is 2.53 bits per heavy atom. The van der Waals surface area contributed by atoms with E-state index in [0.717, 1.165) is 16.6 Å². The Hall–Kier alpha value is -3.36. The maximum Gasteiger partial charge on any atom is 0.266 e.